The van der Waals surface area contributed by atoms with Crippen LogP contribution >= 0.6 is 0 Å². The molecule has 0 radical (unpaired) electrons. The predicted molar refractivity (Wildman–Crippen MR) is 108 cm³/mol. The van der Waals surface area contributed by atoms with Crippen LogP contribution in [0.5, 0.6) is 0 Å². The Kier molecular flexibility index (Phi) is 5.10. The van der Waals surface area contributed by atoms with Gasteiger partial charge in [-0.25, -0.2) is 4.79 Å². The number of aryl methyl sites for hydroxylation is 2. The van der Waals surface area contributed by atoms with Gasteiger partial charge in [-0.3, -0.25) is 0 Å². The van der Waals surface area contributed by atoms with Crippen molar-refractivity contribution in [1.29, 1.82) is 0 Å². The molecule has 144 valence electrons. The van der Waals surface area contributed by atoms with Crippen molar-refractivity contribution in [3.8, 4) is 11.4 Å². The van der Waals surface area contributed by atoms with E-state index in [0.717, 1.165) is 41.6 Å². The number of amides is 2. The molecular formula is C22H24N4O2. The first-order chi connectivity index (χ1) is 13.6. The number of anilines is 1. The molecule has 1 aliphatic rings. The molecule has 1 N–H and O–H groups in total. The van der Waals surface area contributed by atoms with Gasteiger partial charge in [0, 0.05) is 17.8 Å². The molecule has 2 amide bonds. The van der Waals surface area contributed by atoms with Gasteiger partial charge >= 0.3 is 6.03 Å². The monoisotopic (exact) mass is 376 g/mol. The number of rotatable bonds is 3. The number of piperidine rings is 1. The lowest BCUT2D eigenvalue weighted by Gasteiger charge is -2.33. The highest BCUT2D eigenvalue weighted by Gasteiger charge is 2.32. The fraction of sp³-hybridized carbons (Fsp3) is 0.318. The minimum absolute atomic E-state index is 0.124. The molecule has 28 heavy (non-hydrogen) atoms. The standard InChI is InChI=1S/C22H24N4O2/c1-15-9-8-10-16(2)19(15)23-22(27)26-14-7-6-13-18(26)21-24-20(25-28-21)17-11-4-3-5-12-17/h3-5,8-12,18H,6-7,13-14H2,1-2H3,(H,23,27)/t18-/m1/s1. The zero-order chi connectivity index (χ0) is 19.5. The summed E-state index contributed by atoms with van der Waals surface area (Å²) in [7, 11) is 0. The first kappa shape index (κ1) is 18.2. The van der Waals surface area contributed by atoms with Crippen molar-refractivity contribution < 1.29 is 9.32 Å². The summed E-state index contributed by atoms with van der Waals surface area (Å²) < 4.78 is 5.55. The lowest BCUT2D eigenvalue weighted by molar-refractivity contribution is 0.142. The van der Waals surface area contributed by atoms with Crippen LogP contribution in [0.25, 0.3) is 11.4 Å². The van der Waals surface area contributed by atoms with E-state index in [1.54, 1.807) is 0 Å². The maximum Gasteiger partial charge on any atom is 0.322 e. The second-order valence-corrected chi connectivity index (χ2v) is 7.22. The summed E-state index contributed by atoms with van der Waals surface area (Å²) in [4.78, 5) is 19.5. The molecule has 0 aliphatic carbocycles. The van der Waals surface area contributed by atoms with Gasteiger partial charge in [0.1, 0.15) is 6.04 Å². The number of carbonyl (C=O) groups excluding carboxylic acids is 1. The summed E-state index contributed by atoms with van der Waals surface area (Å²) in [5.41, 5.74) is 3.87. The molecule has 1 aromatic heterocycles. The molecule has 2 heterocycles. The van der Waals surface area contributed by atoms with Crippen molar-refractivity contribution >= 4 is 11.7 Å². The number of hydrogen-bond acceptors (Lipinski definition) is 4. The summed E-state index contributed by atoms with van der Waals surface area (Å²) in [5.74, 6) is 1.05. The van der Waals surface area contributed by atoms with Gasteiger partial charge in [-0.1, -0.05) is 53.7 Å². The van der Waals surface area contributed by atoms with Crippen LogP contribution < -0.4 is 5.32 Å². The second kappa shape index (κ2) is 7.84. The molecule has 0 unspecified atom stereocenters. The molecule has 1 atom stereocenters. The molecule has 1 aliphatic heterocycles. The fourth-order valence-electron chi connectivity index (χ4n) is 3.70. The van der Waals surface area contributed by atoms with Crippen LogP contribution in [-0.2, 0) is 0 Å². The summed E-state index contributed by atoms with van der Waals surface area (Å²) >= 11 is 0. The van der Waals surface area contributed by atoms with E-state index in [1.165, 1.54) is 0 Å². The van der Waals surface area contributed by atoms with E-state index in [-0.39, 0.29) is 12.1 Å². The number of likely N-dealkylation sites (tertiary alicyclic amines) is 1. The van der Waals surface area contributed by atoms with E-state index in [9.17, 15) is 4.79 Å². The number of aromatic nitrogens is 2. The maximum absolute atomic E-state index is 13.1. The Morgan fingerprint density at radius 2 is 1.82 bits per heavy atom. The van der Waals surface area contributed by atoms with E-state index in [2.05, 4.69) is 15.5 Å². The number of nitrogens with one attached hydrogen (secondary N) is 1. The quantitative estimate of drug-likeness (QED) is 0.689. The normalized spacial score (nSPS) is 16.8. The van der Waals surface area contributed by atoms with Gasteiger partial charge < -0.3 is 14.7 Å². The summed E-state index contributed by atoms with van der Waals surface area (Å²) in [6, 6.07) is 15.4. The molecule has 3 aromatic rings. The topological polar surface area (TPSA) is 71.3 Å². The smallest absolute Gasteiger partial charge is 0.322 e. The van der Waals surface area contributed by atoms with Crippen LogP contribution in [0.3, 0.4) is 0 Å². The van der Waals surface area contributed by atoms with Gasteiger partial charge in [-0.15, -0.1) is 0 Å². The Balaban J connectivity index is 1.57. The fourth-order valence-corrected chi connectivity index (χ4v) is 3.70. The highest BCUT2D eigenvalue weighted by atomic mass is 16.5. The van der Waals surface area contributed by atoms with Gasteiger partial charge in [0.05, 0.1) is 0 Å². The van der Waals surface area contributed by atoms with Crippen LogP contribution in [0.1, 0.15) is 42.3 Å². The summed E-state index contributed by atoms with van der Waals surface area (Å²) in [6.07, 6.45) is 2.81. The van der Waals surface area contributed by atoms with Crippen molar-refractivity contribution in [1.82, 2.24) is 15.0 Å². The average Bonchev–Trinajstić information content (AvgIpc) is 3.21. The zero-order valence-electron chi connectivity index (χ0n) is 16.2. The Labute approximate surface area is 164 Å². The van der Waals surface area contributed by atoms with Crippen molar-refractivity contribution in [2.75, 3.05) is 11.9 Å². The first-order valence-electron chi connectivity index (χ1n) is 9.66. The van der Waals surface area contributed by atoms with Crippen molar-refractivity contribution in [3.63, 3.8) is 0 Å². The predicted octanol–water partition coefficient (Wildman–Crippen LogP) is 5.11. The number of hydrogen-bond donors (Lipinski definition) is 1. The first-order valence-corrected chi connectivity index (χ1v) is 9.66. The molecule has 1 saturated heterocycles. The third-order valence-electron chi connectivity index (χ3n) is 5.24. The van der Waals surface area contributed by atoms with Gasteiger partial charge in [-0.2, -0.15) is 4.98 Å². The average molecular weight is 376 g/mol. The molecule has 2 aromatic carbocycles. The molecule has 6 heteroatoms. The lowest BCUT2D eigenvalue weighted by Crippen LogP contribution is -2.41. The molecule has 6 nitrogen and oxygen atoms in total. The van der Waals surface area contributed by atoms with Crippen LogP contribution in [0.2, 0.25) is 0 Å². The molecule has 1 fully saturated rings. The minimum atomic E-state index is -0.206. The zero-order valence-corrected chi connectivity index (χ0v) is 16.2. The van der Waals surface area contributed by atoms with Crippen molar-refractivity contribution in [2.24, 2.45) is 0 Å². The Bertz CT molecular complexity index is 947. The highest BCUT2D eigenvalue weighted by Crippen LogP contribution is 2.32. The van der Waals surface area contributed by atoms with E-state index in [4.69, 9.17) is 4.52 Å². The van der Waals surface area contributed by atoms with Crippen LogP contribution in [0, 0.1) is 13.8 Å². The van der Waals surface area contributed by atoms with Crippen LogP contribution in [-0.4, -0.2) is 27.6 Å². The molecule has 0 spiro atoms. The Morgan fingerprint density at radius 1 is 1.07 bits per heavy atom. The number of para-hydroxylation sites is 1. The number of benzene rings is 2. The van der Waals surface area contributed by atoms with E-state index in [0.29, 0.717) is 18.3 Å². The SMILES string of the molecule is Cc1cccc(C)c1NC(=O)N1CCCC[C@@H]1c1nc(-c2ccccc2)no1. The largest absolute Gasteiger partial charge is 0.337 e. The van der Waals surface area contributed by atoms with Gasteiger partial charge in [0.2, 0.25) is 11.7 Å². The van der Waals surface area contributed by atoms with Gasteiger partial charge in [0.25, 0.3) is 0 Å². The third kappa shape index (κ3) is 3.63. The number of urea groups is 1. The van der Waals surface area contributed by atoms with Crippen LogP contribution in [0.15, 0.2) is 53.1 Å². The van der Waals surface area contributed by atoms with Gasteiger partial charge in [-0.05, 0) is 44.2 Å². The molecular weight excluding hydrogens is 352 g/mol. The van der Waals surface area contributed by atoms with E-state index in [1.807, 2.05) is 67.3 Å². The Morgan fingerprint density at radius 3 is 2.57 bits per heavy atom. The summed E-state index contributed by atoms with van der Waals surface area (Å²) in [6.45, 7) is 4.67. The van der Waals surface area contributed by atoms with Crippen molar-refractivity contribution in [2.45, 2.75) is 39.2 Å². The van der Waals surface area contributed by atoms with E-state index >= 15 is 0 Å². The molecule has 0 bridgehead atoms. The third-order valence-corrected chi connectivity index (χ3v) is 5.24. The minimum Gasteiger partial charge on any atom is -0.337 e. The van der Waals surface area contributed by atoms with Crippen molar-refractivity contribution in [3.05, 3.63) is 65.5 Å². The molecule has 4 rings (SSSR count). The second-order valence-electron chi connectivity index (χ2n) is 7.22. The maximum atomic E-state index is 13.1. The Hall–Kier alpha value is -3.15. The number of carbonyl (C=O) groups is 1. The molecule has 0 saturated carbocycles. The number of nitrogens with zero attached hydrogens (tertiary/aromatic N) is 3. The highest BCUT2D eigenvalue weighted by molar-refractivity contribution is 5.91. The van der Waals surface area contributed by atoms with Crippen LogP contribution in [0.4, 0.5) is 10.5 Å². The van der Waals surface area contributed by atoms with Gasteiger partial charge in [0.15, 0.2) is 0 Å². The van der Waals surface area contributed by atoms with E-state index < -0.39 is 0 Å². The summed E-state index contributed by atoms with van der Waals surface area (Å²) in [5, 5.41) is 7.21. The lowest BCUT2D eigenvalue weighted by atomic mass is 10.0.